The highest BCUT2D eigenvalue weighted by Gasteiger charge is 2.28. The van der Waals surface area contributed by atoms with Gasteiger partial charge in [0.2, 0.25) is 11.8 Å². The third-order valence-electron chi connectivity index (χ3n) is 8.86. The van der Waals surface area contributed by atoms with Gasteiger partial charge in [-0.25, -0.2) is 0 Å². The predicted molar refractivity (Wildman–Crippen MR) is 193 cm³/mol. The molecule has 0 bridgehead atoms. The van der Waals surface area contributed by atoms with Gasteiger partial charge in [0.05, 0.1) is 31.0 Å². The monoisotopic (exact) mass is 674 g/mol. The van der Waals surface area contributed by atoms with Gasteiger partial charge in [0.1, 0.15) is 18.5 Å². The Kier molecular flexibility index (Phi) is 13.8. The van der Waals surface area contributed by atoms with E-state index in [4.69, 9.17) is 9.47 Å². The number of aliphatic hydroxyl groups is 1. The van der Waals surface area contributed by atoms with Gasteiger partial charge in [0.25, 0.3) is 0 Å². The predicted octanol–water partition coefficient (Wildman–Crippen LogP) is 6.29. The molecule has 50 heavy (non-hydrogen) atoms. The zero-order valence-corrected chi connectivity index (χ0v) is 28.3. The van der Waals surface area contributed by atoms with Gasteiger partial charge in [-0.2, -0.15) is 0 Å². The molecule has 1 heterocycles. The molecule has 3 N–H and O–H groups in total. The van der Waals surface area contributed by atoms with Gasteiger partial charge in [0, 0.05) is 6.42 Å². The molecule has 0 unspecified atom stereocenters. The number of nitrogens with one attached hydrogen (secondary N) is 2. The zero-order valence-electron chi connectivity index (χ0n) is 28.3. The molecule has 0 radical (unpaired) electrons. The second kappa shape index (κ2) is 19.1. The zero-order chi connectivity index (χ0) is 35.0. The summed E-state index contributed by atoms with van der Waals surface area (Å²) >= 11 is 0. The number of benzene rings is 4. The summed E-state index contributed by atoms with van der Waals surface area (Å²) in [5.74, 6) is -1.17. The lowest BCUT2D eigenvalue weighted by Crippen LogP contribution is -2.42. The van der Waals surface area contributed by atoms with Crippen molar-refractivity contribution in [1.82, 2.24) is 10.6 Å². The van der Waals surface area contributed by atoms with Crippen LogP contribution in [0.3, 0.4) is 0 Å². The largest absolute Gasteiger partial charge is 0.489 e. The highest BCUT2D eigenvalue weighted by molar-refractivity contribution is 5.86. The summed E-state index contributed by atoms with van der Waals surface area (Å²) in [6.45, 7) is 0.300. The Morgan fingerprint density at radius 3 is 2.16 bits per heavy atom. The van der Waals surface area contributed by atoms with E-state index in [0.29, 0.717) is 38.7 Å². The number of allylic oxidation sites excluding steroid dienone is 2. The highest BCUT2D eigenvalue weighted by Crippen LogP contribution is 2.24. The van der Waals surface area contributed by atoms with E-state index in [9.17, 15) is 19.5 Å². The number of rotatable bonds is 12. The van der Waals surface area contributed by atoms with Crippen LogP contribution in [0.4, 0.5) is 0 Å². The lowest BCUT2D eigenvalue weighted by molar-refractivity contribution is -0.155. The molecule has 0 saturated heterocycles. The van der Waals surface area contributed by atoms with E-state index in [1.54, 1.807) is 0 Å². The summed E-state index contributed by atoms with van der Waals surface area (Å²) in [7, 11) is 0. The Hall–Kier alpha value is -5.21. The van der Waals surface area contributed by atoms with Gasteiger partial charge >= 0.3 is 5.97 Å². The van der Waals surface area contributed by atoms with Crippen LogP contribution < -0.4 is 15.4 Å². The minimum atomic E-state index is -0.678. The molecule has 0 aromatic heterocycles. The number of esters is 1. The SMILES string of the molecule is O=C(C[C@H]1CC=CCC[C@H](Cc2ccccc2)C(=O)O[C@@H](c2ccccc2)CNC1=O)N[C@H](CO)Cc1ccc(OCc2ccccc2)cc1. The van der Waals surface area contributed by atoms with Crippen LogP contribution in [-0.4, -0.2) is 42.1 Å². The number of amides is 2. The minimum Gasteiger partial charge on any atom is -0.489 e. The molecule has 4 aromatic rings. The van der Waals surface area contributed by atoms with Gasteiger partial charge in [-0.05, 0) is 66.5 Å². The number of cyclic esters (lactones) is 1. The molecule has 4 atom stereocenters. The van der Waals surface area contributed by atoms with Crippen molar-refractivity contribution in [3.05, 3.63) is 150 Å². The van der Waals surface area contributed by atoms with E-state index in [1.165, 1.54) is 0 Å². The van der Waals surface area contributed by atoms with Crippen LogP contribution in [0, 0.1) is 11.8 Å². The Labute approximate surface area is 294 Å². The van der Waals surface area contributed by atoms with Gasteiger partial charge in [-0.3, -0.25) is 14.4 Å². The van der Waals surface area contributed by atoms with Gasteiger partial charge in [-0.1, -0.05) is 115 Å². The molecular formula is C42H46N2O6. The number of carbonyl (C=O) groups excluding carboxylic acids is 3. The molecule has 0 saturated carbocycles. The second-order valence-corrected chi connectivity index (χ2v) is 12.7. The van der Waals surface area contributed by atoms with Crippen molar-refractivity contribution in [1.29, 1.82) is 0 Å². The normalized spacial score (nSPS) is 19.1. The average molecular weight is 675 g/mol. The summed E-state index contributed by atoms with van der Waals surface area (Å²) in [5.41, 5.74) is 3.85. The van der Waals surface area contributed by atoms with Crippen molar-refractivity contribution in [3.8, 4) is 5.75 Å². The molecule has 1 aliphatic rings. The number of ether oxygens (including phenoxy) is 2. The topological polar surface area (TPSA) is 114 Å². The van der Waals surface area contributed by atoms with E-state index >= 15 is 0 Å². The molecule has 0 aliphatic carbocycles. The van der Waals surface area contributed by atoms with Crippen LogP contribution in [0.1, 0.15) is 54.0 Å². The first-order valence-electron chi connectivity index (χ1n) is 17.3. The van der Waals surface area contributed by atoms with Gasteiger partial charge in [-0.15, -0.1) is 0 Å². The Balaban J connectivity index is 1.20. The van der Waals surface area contributed by atoms with E-state index in [0.717, 1.165) is 28.0 Å². The van der Waals surface area contributed by atoms with Crippen molar-refractivity contribution in [2.45, 2.75) is 57.3 Å². The maximum Gasteiger partial charge on any atom is 0.309 e. The highest BCUT2D eigenvalue weighted by atomic mass is 16.5. The molecule has 0 spiro atoms. The summed E-state index contributed by atoms with van der Waals surface area (Å²) in [6.07, 6.45) is 5.73. The quantitative estimate of drug-likeness (QED) is 0.120. The molecule has 1 aliphatic heterocycles. The standard InChI is InChI=1S/C42H46N2O6/c45-29-37(26-32-21-23-38(24-22-32)49-30-33-15-7-2-8-16-33)44-40(46)27-35-19-11-4-12-20-36(25-31-13-5-1-6-14-31)42(48)50-39(28-43-41(35)47)34-17-9-3-10-18-34/h1-11,13-18,21-24,35-37,39,45H,12,19-20,25-30H2,(H,43,47)(H,44,46)/t35-,36-,37+,39-/m1/s1. The maximum absolute atomic E-state index is 13.5. The first-order valence-corrected chi connectivity index (χ1v) is 17.3. The summed E-state index contributed by atoms with van der Waals surface area (Å²) in [5, 5.41) is 16.0. The van der Waals surface area contributed by atoms with Crippen LogP contribution in [0.15, 0.2) is 127 Å². The number of carbonyl (C=O) groups is 3. The fourth-order valence-corrected chi connectivity index (χ4v) is 6.05. The summed E-state index contributed by atoms with van der Waals surface area (Å²) in [6, 6.07) is 36.3. The third-order valence-corrected chi connectivity index (χ3v) is 8.86. The summed E-state index contributed by atoms with van der Waals surface area (Å²) < 4.78 is 11.9. The van der Waals surface area contributed by atoms with Crippen molar-refractivity contribution in [2.24, 2.45) is 11.8 Å². The van der Waals surface area contributed by atoms with Crippen molar-refractivity contribution in [2.75, 3.05) is 13.2 Å². The first-order chi connectivity index (χ1) is 24.5. The van der Waals surface area contributed by atoms with Gasteiger partial charge < -0.3 is 25.2 Å². The third kappa shape index (κ3) is 11.4. The lowest BCUT2D eigenvalue weighted by atomic mass is 9.94. The molecular weight excluding hydrogens is 628 g/mol. The molecule has 4 aromatic carbocycles. The Morgan fingerprint density at radius 2 is 1.48 bits per heavy atom. The second-order valence-electron chi connectivity index (χ2n) is 12.7. The van der Waals surface area contributed by atoms with E-state index in [-0.39, 0.29) is 43.3 Å². The van der Waals surface area contributed by atoms with Crippen molar-refractivity contribution < 1.29 is 29.0 Å². The first kappa shape index (κ1) is 36.1. The average Bonchev–Trinajstić information content (AvgIpc) is 3.16. The van der Waals surface area contributed by atoms with E-state index in [2.05, 4.69) is 10.6 Å². The lowest BCUT2D eigenvalue weighted by Gasteiger charge is -2.24. The number of hydrogen-bond acceptors (Lipinski definition) is 6. The van der Waals surface area contributed by atoms with Crippen molar-refractivity contribution in [3.63, 3.8) is 0 Å². The van der Waals surface area contributed by atoms with Crippen LogP contribution in [-0.2, 0) is 38.6 Å². The summed E-state index contributed by atoms with van der Waals surface area (Å²) in [4.78, 5) is 40.3. The number of hydrogen-bond donors (Lipinski definition) is 3. The number of aliphatic hydroxyl groups excluding tert-OH is 1. The fourth-order valence-electron chi connectivity index (χ4n) is 6.05. The Bertz CT molecular complexity index is 1660. The van der Waals surface area contributed by atoms with Crippen LogP contribution >= 0.6 is 0 Å². The molecule has 260 valence electrons. The van der Waals surface area contributed by atoms with E-state index in [1.807, 2.05) is 127 Å². The molecule has 2 amide bonds. The van der Waals surface area contributed by atoms with E-state index < -0.39 is 18.1 Å². The van der Waals surface area contributed by atoms with Gasteiger partial charge in [0.15, 0.2) is 0 Å². The van der Waals surface area contributed by atoms with Crippen LogP contribution in [0.25, 0.3) is 0 Å². The minimum absolute atomic E-state index is 0.0502. The molecule has 5 rings (SSSR count). The Morgan fingerprint density at radius 1 is 0.820 bits per heavy atom. The van der Waals surface area contributed by atoms with Crippen molar-refractivity contribution >= 4 is 17.8 Å². The molecule has 8 nitrogen and oxygen atoms in total. The van der Waals surface area contributed by atoms with Crippen LogP contribution in [0.5, 0.6) is 5.75 Å². The van der Waals surface area contributed by atoms with Crippen LogP contribution in [0.2, 0.25) is 0 Å². The molecule has 8 heteroatoms. The molecule has 0 fully saturated rings. The smallest absolute Gasteiger partial charge is 0.309 e. The maximum atomic E-state index is 13.5. The fraction of sp³-hybridized carbons (Fsp3) is 0.310.